The lowest BCUT2D eigenvalue weighted by Gasteiger charge is -1.98. The molecule has 0 saturated heterocycles. The average Bonchev–Trinajstić information content (AvgIpc) is 2.26. The van der Waals surface area contributed by atoms with Crippen LogP contribution in [0.4, 0.5) is 0 Å². The van der Waals surface area contributed by atoms with Crippen LogP contribution < -0.4 is 0 Å². The lowest BCUT2D eigenvalue weighted by molar-refractivity contribution is 0.322. The molecule has 0 radical (unpaired) electrons. The largest absolute Gasteiger partial charge is 0.748 e. The highest BCUT2D eigenvalue weighted by molar-refractivity contribution is 7.99. The van der Waals surface area contributed by atoms with Gasteiger partial charge in [-0.3, -0.25) is 0 Å². The molecular weight excluding hydrogens is 282 g/mol. The number of hydrogen-bond donors (Lipinski definition) is 1. The molecule has 0 aromatic carbocycles. The van der Waals surface area contributed by atoms with Crippen LogP contribution in [0.5, 0.6) is 0 Å². The Kier molecular flexibility index (Phi) is 13.2. The van der Waals surface area contributed by atoms with Crippen molar-refractivity contribution in [1.29, 1.82) is 0 Å². The van der Waals surface area contributed by atoms with Crippen LogP contribution in [0, 0.1) is 0 Å². The van der Waals surface area contributed by atoms with Crippen molar-refractivity contribution in [2.45, 2.75) is 45.4 Å². The lowest BCUT2D eigenvalue weighted by Crippen LogP contribution is -1.86. The summed E-state index contributed by atoms with van der Waals surface area (Å²) in [7, 11) is -5.30. The van der Waals surface area contributed by atoms with Crippen LogP contribution in [0.3, 0.4) is 0 Å². The van der Waals surface area contributed by atoms with Gasteiger partial charge in [-0.1, -0.05) is 39.0 Å². The molecule has 0 rings (SSSR count). The van der Waals surface area contributed by atoms with Gasteiger partial charge in [0.15, 0.2) is 10.2 Å². The number of hydrogen-bond acceptors (Lipinski definition) is 5. The first-order valence-electron chi connectivity index (χ1n) is 5.69. The third-order valence-electron chi connectivity index (χ3n) is 2.02. The first-order valence-corrected chi connectivity index (χ1v) is 9.07. The molecule has 8 heteroatoms. The Morgan fingerprint density at radius 1 is 1.12 bits per heavy atom. The van der Waals surface area contributed by atoms with Gasteiger partial charge < -0.3 is 0 Å². The molecule has 0 aliphatic rings. The summed E-state index contributed by atoms with van der Waals surface area (Å²) >= 11 is 1.51. The average molecular weight is 302 g/mol. The van der Waals surface area contributed by atoms with E-state index < -0.39 is 16.5 Å². The quantitative estimate of drug-likeness (QED) is 0.328. The smallest absolute Gasteiger partial charge is 0.131 e. The Morgan fingerprint density at radius 3 is 2.41 bits per heavy atom. The van der Waals surface area contributed by atoms with Crippen molar-refractivity contribution in [2.75, 3.05) is 11.7 Å². The fourth-order valence-electron chi connectivity index (χ4n) is 1.20. The molecule has 0 aromatic heterocycles. The van der Waals surface area contributed by atoms with E-state index in [1.54, 1.807) is 0 Å². The topological polar surface area (TPSA) is 72.8 Å². The van der Waals surface area contributed by atoms with E-state index in [-0.39, 0.29) is 5.94 Å². The molecule has 17 heavy (non-hydrogen) atoms. The molecule has 0 fully saturated rings. The van der Waals surface area contributed by atoms with Gasteiger partial charge in [0.25, 0.3) is 0 Å². The third kappa shape index (κ3) is 14.4. The number of thioether (sulfide) groups is 1. The molecule has 1 N–H and O–H groups in total. The predicted molar refractivity (Wildman–Crippen MR) is 70.3 cm³/mol. The standard InChI is InChI=1S/C9H19O5P2S/c1-2-3-4-5-6-7-8-17-9-13-16(12)14-15(10)11/h2-9H2,1H3/q+1/p+1. The van der Waals surface area contributed by atoms with E-state index >= 15 is 0 Å². The van der Waals surface area contributed by atoms with Crippen molar-refractivity contribution in [3.63, 3.8) is 0 Å². The molecule has 0 aromatic rings. The van der Waals surface area contributed by atoms with Crippen LogP contribution in [-0.4, -0.2) is 16.6 Å². The molecule has 100 valence electrons. The van der Waals surface area contributed by atoms with Gasteiger partial charge in [0.05, 0.1) is 0 Å². The van der Waals surface area contributed by atoms with E-state index in [0.29, 0.717) is 0 Å². The zero-order chi connectivity index (χ0) is 12.9. The minimum absolute atomic E-state index is 0.230. The van der Waals surface area contributed by atoms with E-state index in [4.69, 9.17) is 9.42 Å². The summed E-state index contributed by atoms with van der Waals surface area (Å²) in [4.78, 5) is 8.28. The summed E-state index contributed by atoms with van der Waals surface area (Å²) < 4.78 is 29.7. The first kappa shape index (κ1) is 17.4. The molecule has 0 bridgehead atoms. The predicted octanol–water partition coefficient (Wildman–Crippen LogP) is 4.38. The second kappa shape index (κ2) is 12.9. The van der Waals surface area contributed by atoms with Crippen molar-refractivity contribution in [2.24, 2.45) is 0 Å². The van der Waals surface area contributed by atoms with Crippen molar-refractivity contribution in [3.8, 4) is 0 Å². The molecule has 0 aliphatic carbocycles. The highest BCUT2D eigenvalue weighted by atomic mass is 32.2. The maximum absolute atomic E-state index is 10.8. The molecule has 5 nitrogen and oxygen atoms in total. The normalized spacial score (nSPS) is 12.6. The van der Waals surface area contributed by atoms with Crippen molar-refractivity contribution < 1.29 is 22.9 Å². The Balaban J connectivity index is 3.13. The van der Waals surface area contributed by atoms with E-state index in [0.717, 1.165) is 12.2 Å². The second-order valence-electron chi connectivity index (χ2n) is 3.47. The molecule has 0 amide bonds. The summed E-state index contributed by atoms with van der Waals surface area (Å²) in [6, 6.07) is 0. The van der Waals surface area contributed by atoms with Crippen LogP contribution in [0.1, 0.15) is 45.4 Å². The Labute approximate surface area is 109 Å². The monoisotopic (exact) mass is 302 g/mol. The minimum atomic E-state index is -2.84. The van der Waals surface area contributed by atoms with E-state index in [1.807, 2.05) is 0 Å². The molecule has 0 aliphatic heterocycles. The van der Waals surface area contributed by atoms with Crippen LogP contribution in [0.15, 0.2) is 0 Å². The first-order chi connectivity index (χ1) is 8.16. The van der Waals surface area contributed by atoms with Gasteiger partial charge in [-0.2, -0.15) is 0 Å². The van der Waals surface area contributed by atoms with Crippen molar-refractivity contribution in [1.82, 2.24) is 0 Å². The van der Waals surface area contributed by atoms with E-state index in [1.165, 1.54) is 43.9 Å². The van der Waals surface area contributed by atoms with Gasteiger partial charge in [0.1, 0.15) is 0 Å². The summed E-state index contributed by atoms with van der Waals surface area (Å²) in [5, 5.41) is 0. The Hall–Kier alpha value is 0.430. The summed E-state index contributed by atoms with van der Waals surface area (Å²) in [6.45, 7) is 2.19. The molecule has 2 unspecified atom stereocenters. The molecule has 2 atom stereocenters. The Morgan fingerprint density at radius 2 is 1.76 bits per heavy atom. The van der Waals surface area contributed by atoms with Gasteiger partial charge in [0.2, 0.25) is 0 Å². The van der Waals surface area contributed by atoms with Gasteiger partial charge in [0, 0.05) is 9.13 Å². The molecule has 0 heterocycles. The summed E-state index contributed by atoms with van der Waals surface area (Å²) in [6.07, 6.45) is 7.43. The van der Waals surface area contributed by atoms with Crippen molar-refractivity contribution >= 4 is 28.3 Å². The molecule has 0 spiro atoms. The van der Waals surface area contributed by atoms with Gasteiger partial charge >= 0.3 is 16.5 Å². The highest BCUT2D eigenvalue weighted by Crippen LogP contribution is 2.36. The van der Waals surface area contributed by atoms with E-state index in [2.05, 4.69) is 11.2 Å². The minimum Gasteiger partial charge on any atom is -0.131 e. The summed E-state index contributed by atoms with van der Waals surface area (Å²) in [5.41, 5.74) is 0. The SMILES string of the molecule is CCCCCCCCSCO[P+](=O)O[P+](=O)O. The second-order valence-corrected chi connectivity index (χ2v) is 6.35. The van der Waals surface area contributed by atoms with Crippen molar-refractivity contribution in [3.05, 3.63) is 0 Å². The number of rotatable bonds is 12. The van der Waals surface area contributed by atoms with Gasteiger partial charge in [-0.15, -0.1) is 21.2 Å². The zero-order valence-electron chi connectivity index (χ0n) is 10.0. The lowest BCUT2D eigenvalue weighted by atomic mass is 10.1. The molecule has 0 saturated carbocycles. The van der Waals surface area contributed by atoms with Crippen LogP contribution in [-0.2, 0) is 18.0 Å². The highest BCUT2D eigenvalue weighted by Gasteiger charge is 2.36. The van der Waals surface area contributed by atoms with Gasteiger partial charge in [-0.05, 0) is 12.2 Å². The maximum Gasteiger partial charge on any atom is 0.748 e. The van der Waals surface area contributed by atoms with Crippen LogP contribution in [0.25, 0.3) is 0 Å². The summed E-state index contributed by atoms with van der Waals surface area (Å²) in [5.74, 6) is 1.17. The molecular formula is C9H20O5P2S+2. The fraction of sp³-hybridized carbons (Fsp3) is 1.00. The fourth-order valence-corrected chi connectivity index (χ4v) is 3.02. The van der Waals surface area contributed by atoms with Crippen LogP contribution >= 0.6 is 28.3 Å². The van der Waals surface area contributed by atoms with Crippen LogP contribution in [0.2, 0.25) is 0 Å². The maximum atomic E-state index is 10.8. The van der Waals surface area contributed by atoms with E-state index in [9.17, 15) is 9.13 Å². The third-order valence-corrected chi connectivity index (χ3v) is 4.49. The Bertz CT molecular complexity index is 227. The van der Waals surface area contributed by atoms with Gasteiger partial charge in [-0.25, -0.2) is 0 Å². The number of unbranched alkanes of at least 4 members (excludes halogenated alkanes) is 5. The zero-order valence-corrected chi connectivity index (χ0v) is 12.6.